The molecule has 1 amide bonds. The SMILES string of the molecule is Cc1ccc(C(=O)NC(C)(C(=O)O)c2ccccc2)n1C. The van der Waals surface area contributed by atoms with E-state index in [4.69, 9.17) is 0 Å². The number of aliphatic carboxylic acids is 1. The molecular weight excluding hydrogens is 268 g/mol. The number of aromatic nitrogens is 1. The summed E-state index contributed by atoms with van der Waals surface area (Å²) in [7, 11) is 1.77. The van der Waals surface area contributed by atoms with Crippen LogP contribution in [0, 0.1) is 6.92 Å². The van der Waals surface area contributed by atoms with E-state index < -0.39 is 17.4 Å². The van der Waals surface area contributed by atoms with Crippen LogP contribution in [0.3, 0.4) is 0 Å². The van der Waals surface area contributed by atoms with Gasteiger partial charge in [0.15, 0.2) is 5.54 Å². The van der Waals surface area contributed by atoms with Crippen molar-refractivity contribution in [2.24, 2.45) is 7.05 Å². The first-order valence-electron chi connectivity index (χ1n) is 6.60. The Labute approximate surface area is 123 Å². The van der Waals surface area contributed by atoms with E-state index in [0.717, 1.165) is 5.69 Å². The summed E-state index contributed by atoms with van der Waals surface area (Å²) >= 11 is 0. The van der Waals surface area contributed by atoms with Crippen LogP contribution in [0.1, 0.15) is 28.7 Å². The van der Waals surface area contributed by atoms with Gasteiger partial charge in [0.25, 0.3) is 5.91 Å². The third-order valence-electron chi connectivity index (χ3n) is 3.75. The van der Waals surface area contributed by atoms with Gasteiger partial charge in [-0.15, -0.1) is 0 Å². The number of hydrogen-bond acceptors (Lipinski definition) is 2. The lowest BCUT2D eigenvalue weighted by molar-refractivity contribution is -0.144. The molecule has 1 aromatic heterocycles. The Kier molecular flexibility index (Phi) is 3.84. The summed E-state index contributed by atoms with van der Waals surface area (Å²) in [6, 6.07) is 12.2. The van der Waals surface area contributed by atoms with Crippen LogP contribution < -0.4 is 5.32 Å². The molecule has 0 fully saturated rings. The van der Waals surface area contributed by atoms with Crippen molar-refractivity contribution in [3.05, 3.63) is 59.4 Å². The minimum Gasteiger partial charge on any atom is -0.479 e. The Balaban J connectivity index is 2.35. The average molecular weight is 286 g/mol. The van der Waals surface area contributed by atoms with E-state index in [1.807, 2.05) is 13.0 Å². The Hall–Kier alpha value is -2.56. The lowest BCUT2D eigenvalue weighted by Gasteiger charge is -2.27. The lowest BCUT2D eigenvalue weighted by atomic mass is 9.92. The number of amides is 1. The van der Waals surface area contributed by atoms with Gasteiger partial charge in [-0.25, -0.2) is 4.79 Å². The van der Waals surface area contributed by atoms with Gasteiger partial charge in [0.05, 0.1) is 0 Å². The smallest absolute Gasteiger partial charge is 0.333 e. The average Bonchev–Trinajstić information content (AvgIpc) is 2.79. The summed E-state index contributed by atoms with van der Waals surface area (Å²) in [5.41, 5.74) is 0.404. The first-order valence-corrected chi connectivity index (χ1v) is 6.60. The molecule has 5 heteroatoms. The van der Waals surface area contributed by atoms with E-state index >= 15 is 0 Å². The van der Waals surface area contributed by atoms with Crippen LogP contribution >= 0.6 is 0 Å². The quantitative estimate of drug-likeness (QED) is 0.903. The summed E-state index contributed by atoms with van der Waals surface area (Å²) in [5, 5.41) is 12.2. The molecule has 1 unspecified atom stereocenters. The second-order valence-electron chi connectivity index (χ2n) is 5.17. The molecule has 21 heavy (non-hydrogen) atoms. The first kappa shape index (κ1) is 14.8. The highest BCUT2D eigenvalue weighted by Crippen LogP contribution is 2.22. The standard InChI is InChI=1S/C16H18N2O3/c1-11-9-10-13(18(11)3)14(19)17-16(2,15(20)21)12-7-5-4-6-8-12/h4-10H,1-3H3,(H,17,19)(H,20,21). The number of aryl methyl sites for hydroxylation is 1. The molecule has 0 aliphatic heterocycles. The molecule has 5 nitrogen and oxygen atoms in total. The molecule has 2 aromatic rings. The zero-order valence-electron chi connectivity index (χ0n) is 12.3. The Bertz CT molecular complexity index is 676. The molecule has 1 heterocycles. The van der Waals surface area contributed by atoms with Crippen LogP contribution in [0.4, 0.5) is 0 Å². The number of carbonyl (C=O) groups excluding carboxylic acids is 1. The maximum absolute atomic E-state index is 12.4. The molecule has 0 saturated heterocycles. The minimum atomic E-state index is -1.48. The van der Waals surface area contributed by atoms with Crippen LogP contribution in [0.15, 0.2) is 42.5 Å². The molecule has 0 aliphatic carbocycles. The third kappa shape index (κ3) is 2.67. The second kappa shape index (κ2) is 5.44. The van der Waals surface area contributed by atoms with Crippen LogP contribution in [0.5, 0.6) is 0 Å². The summed E-state index contributed by atoms with van der Waals surface area (Å²) in [6.45, 7) is 3.36. The summed E-state index contributed by atoms with van der Waals surface area (Å²) < 4.78 is 1.72. The highest BCUT2D eigenvalue weighted by atomic mass is 16.4. The molecular formula is C16H18N2O3. The van der Waals surface area contributed by atoms with E-state index in [-0.39, 0.29) is 0 Å². The van der Waals surface area contributed by atoms with Crippen LogP contribution in [0.25, 0.3) is 0 Å². The molecule has 2 N–H and O–H groups in total. The minimum absolute atomic E-state index is 0.417. The highest BCUT2D eigenvalue weighted by Gasteiger charge is 2.37. The van der Waals surface area contributed by atoms with Crippen molar-refractivity contribution in [1.29, 1.82) is 0 Å². The van der Waals surface area contributed by atoms with Crippen LogP contribution in [0.2, 0.25) is 0 Å². The fourth-order valence-electron chi connectivity index (χ4n) is 2.15. The molecule has 2 rings (SSSR count). The number of carbonyl (C=O) groups is 2. The van der Waals surface area contributed by atoms with Gasteiger partial charge in [0.1, 0.15) is 5.69 Å². The predicted octanol–water partition coefficient (Wildman–Crippen LogP) is 2.06. The number of carboxylic acids is 1. The monoisotopic (exact) mass is 286 g/mol. The predicted molar refractivity (Wildman–Crippen MR) is 79.0 cm³/mol. The number of benzene rings is 1. The van der Waals surface area contributed by atoms with Crippen molar-refractivity contribution in [2.75, 3.05) is 0 Å². The Morgan fingerprint density at radius 2 is 1.76 bits per heavy atom. The number of carboxylic acid groups (broad SMARTS) is 1. The largest absolute Gasteiger partial charge is 0.479 e. The van der Waals surface area contributed by atoms with Gasteiger partial charge in [-0.3, -0.25) is 4.79 Å². The fourth-order valence-corrected chi connectivity index (χ4v) is 2.15. The third-order valence-corrected chi connectivity index (χ3v) is 3.75. The number of hydrogen-bond donors (Lipinski definition) is 2. The first-order chi connectivity index (χ1) is 9.86. The van der Waals surface area contributed by atoms with Crippen molar-refractivity contribution < 1.29 is 14.7 Å². The maximum atomic E-state index is 12.4. The van der Waals surface area contributed by atoms with E-state index in [1.54, 1.807) is 48.0 Å². The molecule has 0 radical (unpaired) electrons. The fraction of sp³-hybridized carbons (Fsp3) is 0.250. The Morgan fingerprint density at radius 1 is 1.14 bits per heavy atom. The van der Waals surface area contributed by atoms with E-state index in [1.165, 1.54) is 6.92 Å². The molecule has 0 saturated carbocycles. The second-order valence-corrected chi connectivity index (χ2v) is 5.17. The lowest BCUT2D eigenvalue weighted by Crippen LogP contribution is -2.49. The number of nitrogens with zero attached hydrogens (tertiary/aromatic N) is 1. The van der Waals surface area contributed by atoms with Crippen molar-refractivity contribution in [2.45, 2.75) is 19.4 Å². The van der Waals surface area contributed by atoms with Crippen LogP contribution in [-0.2, 0) is 17.4 Å². The van der Waals surface area contributed by atoms with E-state index in [0.29, 0.717) is 11.3 Å². The van der Waals surface area contributed by atoms with Gasteiger partial charge in [0.2, 0.25) is 0 Å². The van der Waals surface area contributed by atoms with Gasteiger partial charge in [0, 0.05) is 12.7 Å². The van der Waals surface area contributed by atoms with Crippen molar-refractivity contribution in [3.8, 4) is 0 Å². The Morgan fingerprint density at radius 3 is 2.24 bits per heavy atom. The van der Waals surface area contributed by atoms with Gasteiger partial charge in [-0.05, 0) is 31.5 Å². The van der Waals surface area contributed by atoms with Crippen molar-refractivity contribution in [1.82, 2.24) is 9.88 Å². The topological polar surface area (TPSA) is 71.3 Å². The summed E-state index contributed by atoms with van der Waals surface area (Å²) in [5.74, 6) is -1.52. The normalized spacial score (nSPS) is 13.5. The summed E-state index contributed by atoms with van der Waals surface area (Å²) in [4.78, 5) is 24.0. The molecule has 110 valence electrons. The highest BCUT2D eigenvalue weighted by molar-refractivity contribution is 5.97. The summed E-state index contributed by atoms with van der Waals surface area (Å²) in [6.07, 6.45) is 0. The molecule has 0 bridgehead atoms. The van der Waals surface area contributed by atoms with E-state index in [2.05, 4.69) is 5.32 Å². The van der Waals surface area contributed by atoms with Gasteiger partial charge in [-0.1, -0.05) is 30.3 Å². The van der Waals surface area contributed by atoms with Gasteiger partial charge >= 0.3 is 5.97 Å². The molecule has 1 atom stereocenters. The van der Waals surface area contributed by atoms with Crippen LogP contribution in [-0.4, -0.2) is 21.6 Å². The number of nitrogens with one attached hydrogen (secondary N) is 1. The van der Waals surface area contributed by atoms with Crippen molar-refractivity contribution >= 4 is 11.9 Å². The van der Waals surface area contributed by atoms with E-state index in [9.17, 15) is 14.7 Å². The molecule has 0 aliphatic rings. The van der Waals surface area contributed by atoms with Gasteiger partial charge < -0.3 is 15.0 Å². The van der Waals surface area contributed by atoms with Gasteiger partial charge in [-0.2, -0.15) is 0 Å². The van der Waals surface area contributed by atoms with Crippen molar-refractivity contribution in [3.63, 3.8) is 0 Å². The maximum Gasteiger partial charge on any atom is 0.333 e. The molecule has 0 spiro atoms. The number of rotatable bonds is 4. The zero-order valence-corrected chi connectivity index (χ0v) is 12.3. The zero-order chi connectivity index (χ0) is 15.6. The molecule has 1 aromatic carbocycles.